The number of aryl methyl sites for hydroxylation is 2. The van der Waals surface area contributed by atoms with Gasteiger partial charge in [0.25, 0.3) is 0 Å². The SMILES string of the molecule is CCC1C=Nc2cc(Oc3ccc(N)cc3C)ccc2CC1. The van der Waals surface area contributed by atoms with Gasteiger partial charge in [0.05, 0.1) is 5.69 Å². The number of ether oxygens (including phenoxy) is 1. The maximum absolute atomic E-state index is 5.99. The van der Waals surface area contributed by atoms with Gasteiger partial charge in [0.2, 0.25) is 0 Å². The number of hydrogen-bond donors (Lipinski definition) is 1. The molecule has 1 aliphatic rings. The molecule has 0 spiro atoms. The first kappa shape index (κ1) is 14.6. The van der Waals surface area contributed by atoms with Crippen LogP contribution in [0.1, 0.15) is 30.9 Å². The molecule has 0 aromatic heterocycles. The monoisotopic (exact) mass is 294 g/mol. The van der Waals surface area contributed by atoms with Crippen molar-refractivity contribution < 1.29 is 4.74 Å². The van der Waals surface area contributed by atoms with Gasteiger partial charge in [-0.1, -0.05) is 13.0 Å². The van der Waals surface area contributed by atoms with Crippen molar-refractivity contribution in [1.29, 1.82) is 0 Å². The van der Waals surface area contributed by atoms with Crippen LogP contribution in [-0.4, -0.2) is 6.21 Å². The second kappa shape index (κ2) is 6.22. The van der Waals surface area contributed by atoms with Gasteiger partial charge in [-0.2, -0.15) is 0 Å². The second-order valence-corrected chi connectivity index (χ2v) is 5.90. The van der Waals surface area contributed by atoms with Crippen molar-refractivity contribution >= 4 is 17.6 Å². The number of rotatable bonds is 3. The Morgan fingerprint density at radius 2 is 2.09 bits per heavy atom. The van der Waals surface area contributed by atoms with Gasteiger partial charge in [0.1, 0.15) is 11.5 Å². The Morgan fingerprint density at radius 1 is 1.23 bits per heavy atom. The van der Waals surface area contributed by atoms with Crippen LogP contribution in [0.4, 0.5) is 11.4 Å². The Hall–Kier alpha value is -2.29. The van der Waals surface area contributed by atoms with Crippen LogP contribution in [0.5, 0.6) is 11.5 Å². The number of fused-ring (bicyclic) bond motifs is 1. The van der Waals surface area contributed by atoms with Gasteiger partial charge >= 0.3 is 0 Å². The molecule has 3 heteroatoms. The maximum Gasteiger partial charge on any atom is 0.130 e. The van der Waals surface area contributed by atoms with E-state index in [4.69, 9.17) is 10.5 Å². The Labute approximate surface area is 131 Å². The van der Waals surface area contributed by atoms with Gasteiger partial charge in [0.15, 0.2) is 0 Å². The molecule has 1 atom stereocenters. The van der Waals surface area contributed by atoms with Crippen LogP contribution in [0.15, 0.2) is 41.4 Å². The van der Waals surface area contributed by atoms with Crippen LogP contribution < -0.4 is 10.5 Å². The van der Waals surface area contributed by atoms with E-state index < -0.39 is 0 Å². The van der Waals surface area contributed by atoms with E-state index in [9.17, 15) is 0 Å². The molecule has 3 nitrogen and oxygen atoms in total. The smallest absolute Gasteiger partial charge is 0.130 e. The molecular weight excluding hydrogens is 272 g/mol. The number of anilines is 1. The summed E-state index contributed by atoms with van der Waals surface area (Å²) in [4.78, 5) is 4.65. The zero-order chi connectivity index (χ0) is 15.5. The Bertz CT molecular complexity index is 707. The quantitative estimate of drug-likeness (QED) is 0.806. The summed E-state index contributed by atoms with van der Waals surface area (Å²) >= 11 is 0. The average molecular weight is 294 g/mol. The Balaban J connectivity index is 1.86. The molecular formula is C19H22N2O. The molecule has 1 aliphatic heterocycles. The van der Waals surface area contributed by atoms with E-state index in [2.05, 4.69) is 24.2 Å². The van der Waals surface area contributed by atoms with E-state index >= 15 is 0 Å². The lowest BCUT2D eigenvalue weighted by molar-refractivity contribution is 0.479. The molecule has 22 heavy (non-hydrogen) atoms. The predicted octanol–water partition coefficient (Wildman–Crippen LogP) is 5.04. The number of aliphatic imine (C=N–C) groups is 1. The largest absolute Gasteiger partial charge is 0.457 e. The lowest BCUT2D eigenvalue weighted by atomic mass is 9.99. The molecule has 1 heterocycles. The highest BCUT2D eigenvalue weighted by atomic mass is 16.5. The molecule has 3 rings (SSSR count). The number of hydrogen-bond acceptors (Lipinski definition) is 3. The summed E-state index contributed by atoms with van der Waals surface area (Å²) < 4.78 is 5.99. The van der Waals surface area contributed by atoms with Gasteiger partial charge in [-0.15, -0.1) is 0 Å². The molecule has 2 N–H and O–H groups in total. The van der Waals surface area contributed by atoms with E-state index in [0.717, 1.165) is 41.3 Å². The highest BCUT2D eigenvalue weighted by Gasteiger charge is 2.12. The normalized spacial score (nSPS) is 16.9. The number of nitrogen functional groups attached to an aromatic ring is 1. The van der Waals surface area contributed by atoms with Crippen molar-refractivity contribution in [2.24, 2.45) is 10.9 Å². The minimum atomic E-state index is 0.580. The predicted molar refractivity (Wildman–Crippen MR) is 92.4 cm³/mol. The fourth-order valence-corrected chi connectivity index (χ4v) is 2.76. The van der Waals surface area contributed by atoms with Gasteiger partial charge < -0.3 is 10.5 Å². The van der Waals surface area contributed by atoms with Crippen molar-refractivity contribution in [3.63, 3.8) is 0 Å². The number of nitrogens with two attached hydrogens (primary N) is 1. The third kappa shape index (κ3) is 3.14. The summed E-state index contributed by atoms with van der Waals surface area (Å²) in [6.07, 6.45) is 5.48. The highest BCUT2D eigenvalue weighted by molar-refractivity contribution is 5.69. The van der Waals surface area contributed by atoms with Crippen LogP contribution in [0.2, 0.25) is 0 Å². The van der Waals surface area contributed by atoms with E-state index in [1.54, 1.807) is 0 Å². The molecule has 0 saturated carbocycles. The summed E-state index contributed by atoms with van der Waals surface area (Å²) in [6.45, 7) is 4.21. The zero-order valence-corrected chi connectivity index (χ0v) is 13.2. The van der Waals surface area contributed by atoms with Crippen molar-refractivity contribution in [1.82, 2.24) is 0 Å². The fourth-order valence-electron chi connectivity index (χ4n) is 2.76. The lowest BCUT2D eigenvalue weighted by Gasteiger charge is -2.11. The molecule has 1 unspecified atom stereocenters. The molecule has 0 radical (unpaired) electrons. The van der Waals surface area contributed by atoms with Crippen LogP contribution in [0, 0.1) is 12.8 Å². The topological polar surface area (TPSA) is 47.6 Å². The fraction of sp³-hybridized carbons (Fsp3) is 0.316. The number of nitrogens with zero attached hydrogens (tertiary/aromatic N) is 1. The summed E-state index contributed by atoms with van der Waals surface area (Å²) in [5.74, 6) is 2.23. The lowest BCUT2D eigenvalue weighted by Crippen LogP contribution is -1.99. The molecule has 0 amide bonds. The molecule has 0 saturated heterocycles. The molecule has 2 aromatic carbocycles. The molecule has 0 bridgehead atoms. The standard InChI is InChI=1S/C19H22N2O/c1-3-14-4-5-15-6-8-17(11-18(15)21-12-14)22-19-9-7-16(20)10-13(19)2/h6-12,14H,3-5,20H2,1-2H3. The molecule has 0 aliphatic carbocycles. The first-order chi connectivity index (χ1) is 10.7. The number of benzene rings is 2. The second-order valence-electron chi connectivity index (χ2n) is 5.90. The van der Waals surface area contributed by atoms with Crippen LogP contribution >= 0.6 is 0 Å². The third-order valence-electron chi connectivity index (χ3n) is 4.22. The average Bonchev–Trinajstić information content (AvgIpc) is 2.72. The van der Waals surface area contributed by atoms with E-state index in [1.807, 2.05) is 37.3 Å². The third-order valence-corrected chi connectivity index (χ3v) is 4.22. The minimum absolute atomic E-state index is 0.580. The summed E-state index contributed by atoms with van der Waals surface area (Å²) in [5, 5.41) is 0. The summed E-state index contributed by atoms with van der Waals surface area (Å²) in [7, 11) is 0. The van der Waals surface area contributed by atoms with Gasteiger partial charge in [0, 0.05) is 18.0 Å². The maximum atomic E-state index is 5.99. The van der Waals surface area contributed by atoms with Crippen molar-refractivity contribution in [3.05, 3.63) is 47.5 Å². The van der Waals surface area contributed by atoms with Crippen molar-refractivity contribution in [3.8, 4) is 11.5 Å². The highest BCUT2D eigenvalue weighted by Crippen LogP contribution is 2.33. The minimum Gasteiger partial charge on any atom is -0.457 e. The van der Waals surface area contributed by atoms with Crippen LogP contribution in [0.25, 0.3) is 0 Å². The van der Waals surface area contributed by atoms with Crippen LogP contribution in [0.3, 0.4) is 0 Å². The molecule has 2 aromatic rings. The molecule has 0 fully saturated rings. The molecule has 114 valence electrons. The Morgan fingerprint density at radius 3 is 2.86 bits per heavy atom. The van der Waals surface area contributed by atoms with Crippen molar-refractivity contribution in [2.45, 2.75) is 33.1 Å². The Kier molecular flexibility index (Phi) is 4.14. The van der Waals surface area contributed by atoms with Gasteiger partial charge in [-0.3, -0.25) is 4.99 Å². The first-order valence-electron chi connectivity index (χ1n) is 7.87. The van der Waals surface area contributed by atoms with Crippen LogP contribution in [-0.2, 0) is 6.42 Å². The summed E-state index contributed by atoms with van der Waals surface area (Å²) in [5.41, 5.74) is 9.89. The van der Waals surface area contributed by atoms with Crippen molar-refractivity contribution in [2.75, 3.05) is 5.73 Å². The van der Waals surface area contributed by atoms with Gasteiger partial charge in [-0.05, 0) is 67.5 Å². The van der Waals surface area contributed by atoms with E-state index in [1.165, 1.54) is 12.0 Å². The summed E-state index contributed by atoms with van der Waals surface area (Å²) in [6, 6.07) is 11.9. The van der Waals surface area contributed by atoms with E-state index in [-0.39, 0.29) is 0 Å². The van der Waals surface area contributed by atoms with E-state index in [0.29, 0.717) is 5.92 Å². The van der Waals surface area contributed by atoms with Gasteiger partial charge in [-0.25, -0.2) is 0 Å². The zero-order valence-electron chi connectivity index (χ0n) is 13.2. The first-order valence-corrected chi connectivity index (χ1v) is 7.87.